The van der Waals surface area contributed by atoms with Gasteiger partial charge < -0.3 is 9.47 Å². The molecular formula is C38H60O4. The Morgan fingerprint density at radius 3 is 1.83 bits per heavy atom. The lowest BCUT2D eigenvalue weighted by Crippen LogP contribution is -2.72. The maximum atomic E-state index is 13.4. The number of hydrogen-bond donors (Lipinski definition) is 0. The van der Waals surface area contributed by atoms with Gasteiger partial charge in [0, 0.05) is 17.6 Å². The molecule has 0 bridgehead atoms. The molecule has 0 N–H and O–H groups in total. The van der Waals surface area contributed by atoms with Crippen LogP contribution < -0.4 is 0 Å². The van der Waals surface area contributed by atoms with Gasteiger partial charge in [-0.05, 0) is 129 Å². The first-order chi connectivity index (χ1) is 19.3. The summed E-state index contributed by atoms with van der Waals surface area (Å²) in [6.45, 7) is 31.0. The molecule has 5 aliphatic carbocycles. The summed E-state index contributed by atoms with van der Waals surface area (Å²) in [7, 11) is 0. The molecule has 5 saturated carbocycles. The van der Waals surface area contributed by atoms with Crippen LogP contribution in [0.2, 0.25) is 0 Å². The van der Waals surface area contributed by atoms with Gasteiger partial charge in [0.25, 0.3) is 5.79 Å². The molecule has 5 rings (SSSR count). The Morgan fingerprint density at radius 2 is 1.29 bits per heavy atom. The molecule has 0 amide bonds. The predicted octanol–water partition coefficient (Wildman–Crippen LogP) is 9.68. The normalized spacial score (nSPS) is 45.1. The highest BCUT2D eigenvalue weighted by molar-refractivity contribution is 5.89. The smallest absolute Gasteiger partial charge is 0.336 e. The van der Waals surface area contributed by atoms with Crippen LogP contribution in [0.5, 0.6) is 0 Å². The topological polar surface area (TPSA) is 52.6 Å². The first kappa shape index (κ1) is 31.8. The average molecular weight is 581 g/mol. The fourth-order valence-electron chi connectivity index (χ4n) is 12.5. The molecule has 4 heteroatoms. The molecule has 0 saturated heterocycles. The Labute approximate surface area is 256 Å². The number of carbonyl (C=O) groups excluding carboxylic acids is 2. The molecular weight excluding hydrogens is 520 g/mol. The summed E-state index contributed by atoms with van der Waals surface area (Å²) in [4.78, 5) is 26.8. The summed E-state index contributed by atoms with van der Waals surface area (Å²) in [5.41, 5.74) is 0.891. The van der Waals surface area contributed by atoms with Gasteiger partial charge in [0.05, 0.1) is 5.41 Å². The standard InChI is InChI=1S/C38H60O4/c1-23(2)26-15-17-34(9)20-21-35(10)27(30(26)34)13-14-29-36(35,11)18-16-28-33(7,8)19-22-38(37(28,29)12,41-31(39)24(3)4)42-32(40)25(5)6/h23,26-30H,3,5,13-22H2,1-2,4,6-12H3/t26-,27?,28?,29?,30?,34-,35-,36-,37+/m1/s1. The van der Waals surface area contributed by atoms with E-state index in [1.54, 1.807) is 13.8 Å². The Hall–Kier alpha value is -1.58. The van der Waals surface area contributed by atoms with Crippen LogP contribution in [0.3, 0.4) is 0 Å². The van der Waals surface area contributed by atoms with Crippen molar-refractivity contribution >= 4 is 11.9 Å². The summed E-state index contributed by atoms with van der Waals surface area (Å²) >= 11 is 0. The summed E-state index contributed by atoms with van der Waals surface area (Å²) in [5, 5.41) is 0. The third-order valence-corrected chi connectivity index (χ3v) is 15.0. The third kappa shape index (κ3) is 4.18. The van der Waals surface area contributed by atoms with Gasteiger partial charge in [0.15, 0.2) is 0 Å². The number of esters is 2. The van der Waals surface area contributed by atoms with Crippen molar-refractivity contribution in [2.75, 3.05) is 0 Å². The van der Waals surface area contributed by atoms with E-state index < -0.39 is 23.1 Å². The van der Waals surface area contributed by atoms with Gasteiger partial charge in [-0.25, -0.2) is 9.59 Å². The van der Waals surface area contributed by atoms with Crippen molar-refractivity contribution in [1.82, 2.24) is 0 Å². The predicted molar refractivity (Wildman–Crippen MR) is 169 cm³/mol. The SMILES string of the molecule is C=C(C)C(=O)OC1(OC(=O)C(=C)C)CCC(C)(C)C2CC[C@]3(C)C(CCC4C5[C@@H](C(C)C)CC[C@]5(C)CC[C@]43C)[C@]21C. The van der Waals surface area contributed by atoms with Crippen LogP contribution in [0, 0.1) is 62.6 Å². The fraction of sp³-hybridized carbons (Fsp3) is 0.842. The van der Waals surface area contributed by atoms with E-state index in [0.29, 0.717) is 34.8 Å². The molecule has 236 valence electrons. The molecule has 0 heterocycles. The Bertz CT molecular complexity index is 1140. The Kier molecular flexibility index (Phi) is 7.55. The number of carbonyl (C=O) groups is 2. The molecule has 0 aromatic carbocycles. The molecule has 9 atom stereocenters. The minimum atomic E-state index is -1.34. The molecule has 5 fully saturated rings. The molecule has 42 heavy (non-hydrogen) atoms. The van der Waals surface area contributed by atoms with Gasteiger partial charge in [-0.1, -0.05) is 68.5 Å². The van der Waals surface area contributed by atoms with Gasteiger partial charge in [0.1, 0.15) is 0 Å². The lowest BCUT2D eigenvalue weighted by Gasteiger charge is -2.74. The van der Waals surface area contributed by atoms with E-state index in [1.807, 2.05) is 0 Å². The maximum absolute atomic E-state index is 13.4. The second kappa shape index (κ2) is 9.96. The van der Waals surface area contributed by atoms with Crippen LogP contribution in [-0.2, 0) is 19.1 Å². The third-order valence-electron chi connectivity index (χ3n) is 15.0. The Balaban J connectivity index is 1.66. The van der Waals surface area contributed by atoms with Gasteiger partial charge in [-0.2, -0.15) is 0 Å². The molecule has 0 aromatic rings. The van der Waals surface area contributed by atoms with E-state index in [0.717, 1.165) is 31.1 Å². The van der Waals surface area contributed by atoms with Crippen molar-refractivity contribution in [3.05, 3.63) is 24.3 Å². The molecule has 0 aliphatic heterocycles. The van der Waals surface area contributed by atoms with E-state index in [4.69, 9.17) is 9.47 Å². The zero-order chi connectivity index (χ0) is 31.3. The average Bonchev–Trinajstić information content (AvgIpc) is 3.24. The minimum Gasteiger partial charge on any atom is -0.418 e. The van der Waals surface area contributed by atoms with E-state index >= 15 is 0 Å². The van der Waals surface area contributed by atoms with Crippen molar-refractivity contribution in [1.29, 1.82) is 0 Å². The lowest BCUT2D eigenvalue weighted by molar-refractivity contribution is -0.355. The van der Waals surface area contributed by atoms with Crippen molar-refractivity contribution in [3.63, 3.8) is 0 Å². The van der Waals surface area contributed by atoms with Crippen LogP contribution in [0.25, 0.3) is 0 Å². The molecule has 5 aliphatic rings. The highest BCUT2D eigenvalue weighted by atomic mass is 16.7. The highest BCUT2D eigenvalue weighted by Crippen LogP contribution is 2.79. The summed E-state index contributed by atoms with van der Waals surface area (Å²) in [6.07, 6.45) is 11.2. The second-order valence-corrected chi connectivity index (χ2v) is 17.7. The zero-order valence-electron chi connectivity index (χ0n) is 28.6. The van der Waals surface area contributed by atoms with Gasteiger partial charge in [-0.15, -0.1) is 0 Å². The lowest BCUT2D eigenvalue weighted by atomic mass is 9.31. The number of rotatable bonds is 5. The number of hydrogen-bond acceptors (Lipinski definition) is 4. The van der Waals surface area contributed by atoms with Crippen molar-refractivity contribution < 1.29 is 19.1 Å². The van der Waals surface area contributed by atoms with E-state index in [1.165, 1.54) is 38.5 Å². The van der Waals surface area contributed by atoms with Gasteiger partial charge in [0.2, 0.25) is 0 Å². The molecule has 4 nitrogen and oxygen atoms in total. The fourth-order valence-corrected chi connectivity index (χ4v) is 12.5. The van der Waals surface area contributed by atoms with E-state index in [2.05, 4.69) is 68.5 Å². The van der Waals surface area contributed by atoms with Crippen LogP contribution in [0.15, 0.2) is 24.3 Å². The second-order valence-electron chi connectivity index (χ2n) is 17.7. The highest BCUT2D eigenvalue weighted by Gasteiger charge is 2.76. The molecule has 4 unspecified atom stereocenters. The number of ether oxygens (including phenoxy) is 2. The first-order valence-electron chi connectivity index (χ1n) is 17.1. The quantitative estimate of drug-likeness (QED) is 0.184. The maximum Gasteiger partial charge on any atom is 0.336 e. The van der Waals surface area contributed by atoms with Gasteiger partial charge in [-0.3, -0.25) is 0 Å². The summed E-state index contributed by atoms with van der Waals surface area (Å²) < 4.78 is 13.0. The molecule has 0 radical (unpaired) electrons. The van der Waals surface area contributed by atoms with Gasteiger partial charge >= 0.3 is 11.9 Å². The molecule has 0 aromatic heterocycles. The summed E-state index contributed by atoms with van der Waals surface area (Å²) in [6, 6.07) is 0. The van der Waals surface area contributed by atoms with Crippen LogP contribution >= 0.6 is 0 Å². The Morgan fingerprint density at radius 1 is 0.690 bits per heavy atom. The minimum absolute atomic E-state index is 0.0436. The summed E-state index contributed by atoms with van der Waals surface area (Å²) in [5.74, 6) is 1.25. The largest absolute Gasteiger partial charge is 0.418 e. The van der Waals surface area contributed by atoms with Crippen LogP contribution in [-0.4, -0.2) is 17.7 Å². The van der Waals surface area contributed by atoms with E-state index in [-0.39, 0.29) is 28.1 Å². The van der Waals surface area contributed by atoms with Crippen LogP contribution in [0.1, 0.15) is 133 Å². The zero-order valence-corrected chi connectivity index (χ0v) is 28.6. The van der Waals surface area contributed by atoms with E-state index in [9.17, 15) is 9.59 Å². The van der Waals surface area contributed by atoms with Crippen molar-refractivity contribution in [2.24, 2.45) is 62.6 Å². The molecule has 0 spiro atoms. The van der Waals surface area contributed by atoms with Crippen LogP contribution in [0.4, 0.5) is 0 Å². The first-order valence-corrected chi connectivity index (χ1v) is 17.1. The number of fused-ring (bicyclic) bond motifs is 7. The van der Waals surface area contributed by atoms with Crippen molar-refractivity contribution in [3.8, 4) is 0 Å². The monoisotopic (exact) mass is 580 g/mol. The van der Waals surface area contributed by atoms with Crippen molar-refractivity contribution in [2.45, 2.75) is 139 Å².